The molecule has 1 aliphatic rings. The molecule has 4 rings (SSSR count). The van der Waals surface area contributed by atoms with Crippen LogP contribution in [0.3, 0.4) is 0 Å². The summed E-state index contributed by atoms with van der Waals surface area (Å²) in [5.41, 5.74) is 0.231. The second-order valence-corrected chi connectivity index (χ2v) is 10.4. The summed E-state index contributed by atoms with van der Waals surface area (Å²) in [6.45, 7) is 0.156. The maximum absolute atomic E-state index is 14.6. The van der Waals surface area contributed by atoms with Gasteiger partial charge in [0.15, 0.2) is 11.6 Å². The number of hydrazone groups is 1. The van der Waals surface area contributed by atoms with Crippen molar-refractivity contribution in [2.24, 2.45) is 12.1 Å². The molecule has 0 aliphatic carbocycles. The monoisotopic (exact) mass is 591 g/mol. The Labute approximate surface area is 233 Å². The van der Waals surface area contributed by atoms with Gasteiger partial charge in [-0.25, -0.2) is 18.9 Å². The highest BCUT2D eigenvalue weighted by Crippen LogP contribution is 2.35. The Morgan fingerprint density at radius 3 is 2.73 bits per heavy atom. The minimum atomic E-state index is -3.95. The number of ether oxygens (including phenoxy) is 2. The first-order valence-electron chi connectivity index (χ1n) is 11.5. The molecule has 13 nitrogen and oxygen atoms in total. The van der Waals surface area contributed by atoms with E-state index in [1.54, 1.807) is 0 Å². The highest BCUT2D eigenvalue weighted by molar-refractivity contribution is 7.89. The average Bonchev–Trinajstić information content (AvgIpc) is 3.29. The van der Waals surface area contributed by atoms with E-state index in [1.807, 2.05) is 0 Å². The maximum atomic E-state index is 14.6. The Kier molecular flexibility index (Phi) is 8.35. The van der Waals surface area contributed by atoms with Crippen LogP contribution in [0.5, 0.6) is 5.75 Å². The zero-order valence-corrected chi connectivity index (χ0v) is 23.0. The van der Waals surface area contributed by atoms with Crippen molar-refractivity contribution in [2.75, 3.05) is 26.0 Å². The molecule has 0 bridgehead atoms. The highest BCUT2D eigenvalue weighted by Gasteiger charge is 2.26. The maximum Gasteiger partial charge on any atom is 0.417 e. The van der Waals surface area contributed by atoms with Crippen LogP contribution in [-0.4, -0.2) is 67.0 Å². The molecule has 210 valence electrons. The predicted molar refractivity (Wildman–Crippen MR) is 143 cm³/mol. The van der Waals surface area contributed by atoms with Gasteiger partial charge in [-0.05, 0) is 48.9 Å². The second-order valence-electron chi connectivity index (χ2n) is 8.33. The number of halogens is 2. The third kappa shape index (κ3) is 6.21. The van der Waals surface area contributed by atoms with Gasteiger partial charge >= 0.3 is 6.09 Å². The fourth-order valence-electron chi connectivity index (χ4n) is 3.59. The van der Waals surface area contributed by atoms with Crippen LogP contribution in [0.2, 0.25) is 5.02 Å². The Morgan fingerprint density at radius 2 is 2.02 bits per heavy atom. The van der Waals surface area contributed by atoms with Gasteiger partial charge in [-0.1, -0.05) is 11.6 Å². The molecule has 0 unspecified atom stereocenters. The first-order valence-corrected chi connectivity index (χ1v) is 13.4. The third-order valence-corrected chi connectivity index (χ3v) is 7.15. The van der Waals surface area contributed by atoms with Gasteiger partial charge in [0.1, 0.15) is 11.5 Å². The Morgan fingerprint density at radius 1 is 1.30 bits per heavy atom. The van der Waals surface area contributed by atoms with Gasteiger partial charge in [0.05, 0.1) is 34.5 Å². The molecule has 2 N–H and O–H groups in total. The lowest BCUT2D eigenvalue weighted by Crippen LogP contribution is -2.30. The lowest BCUT2D eigenvalue weighted by Gasteiger charge is -2.21. The number of hydrogen-bond donors (Lipinski definition) is 2. The van der Waals surface area contributed by atoms with Crippen molar-refractivity contribution in [3.8, 4) is 5.75 Å². The average molecular weight is 592 g/mol. The first kappa shape index (κ1) is 28.5. The van der Waals surface area contributed by atoms with E-state index < -0.39 is 27.8 Å². The van der Waals surface area contributed by atoms with Gasteiger partial charge in [0, 0.05) is 20.6 Å². The summed E-state index contributed by atoms with van der Waals surface area (Å²) in [5.74, 6) is -0.805. The summed E-state index contributed by atoms with van der Waals surface area (Å²) in [7, 11) is 0.529. The van der Waals surface area contributed by atoms with Gasteiger partial charge in [0.25, 0.3) is 15.9 Å². The molecular formula is C24H23ClFN7O6S. The highest BCUT2D eigenvalue weighted by atomic mass is 35.5. The van der Waals surface area contributed by atoms with Crippen molar-refractivity contribution in [1.82, 2.24) is 24.5 Å². The van der Waals surface area contributed by atoms with E-state index >= 15 is 0 Å². The van der Waals surface area contributed by atoms with Crippen molar-refractivity contribution in [3.63, 3.8) is 0 Å². The number of benzene rings is 2. The molecule has 0 spiro atoms. The molecule has 0 atom stereocenters. The largest absolute Gasteiger partial charge is 0.497 e. The van der Waals surface area contributed by atoms with E-state index in [0.29, 0.717) is 5.75 Å². The van der Waals surface area contributed by atoms with Crippen LogP contribution >= 0.6 is 11.6 Å². The number of anilines is 1. The van der Waals surface area contributed by atoms with Crippen LogP contribution in [0.4, 0.5) is 14.9 Å². The van der Waals surface area contributed by atoms with E-state index in [1.165, 1.54) is 73.3 Å². The van der Waals surface area contributed by atoms with Crippen LogP contribution in [0.25, 0.3) is 5.76 Å². The van der Waals surface area contributed by atoms with Crippen LogP contribution in [0, 0.1) is 5.82 Å². The standard InChI is InChI=1S/C24H23ClFN7O6S/c1-32(12-4-5-18-20-17(28-24(35)39-18)11-10-16(25)21(20)26)23(34)22-29-19(30-33(22)2)13-27-31-40(36,37)15-8-6-14(38-3)7-9-15/h5-11,13,31H,4,12H2,1-3H3,(H,28,35)/b18-5-,27-13+. The number of hydrogen-bond acceptors (Lipinski definition) is 9. The molecule has 16 heteroatoms. The van der Waals surface area contributed by atoms with Crippen molar-refractivity contribution in [1.29, 1.82) is 0 Å². The minimum Gasteiger partial charge on any atom is -0.497 e. The zero-order chi connectivity index (χ0) is 29.0. The van der Waals surface area contributed by atoms with Crippen molar-refractivity contribution in [3.05, 3.63) is 70.5 Å². The molecule has 1 aromatic heterocycles. The number of rotatable bonds is 9. The molecule has 0 saturated heterocycles. The Hall–Kier alpha value is -4.50. The van der Waals surface area contributed by atoms with E-state index in [0.717, 1.165) is 6.21 Å². The van der Waals surface area contributed by atoms with Crippen molar-refractivity contribution < 1.29 is 31.9 Å². The van der Waals surface area contributed by atoms with Crippen molar-refractivity contribution in [2.45, 2.75) is 11.3 Å². The van der Waals surface area contributed by atoms with E-state index in [9.17, 15) is 22.4 Å². The number of methoxy groups -OCH3 is 1. The van der Waals surface area contributed by atoms with E-state index in [2.05, 4.69) is 25.3 Å². The number of sulfonamides is 1. The zero-order valence-electron chi connectivity index (χ0n) is 21.4. The molecule has 40 heavy (non-hydrogen) atoms. The summed E-state index contributed by atoms with van der Waals surface area (Å²) >= 11 is 5.86. The molecule has 1 aliphatic heterocycles. The molecule has 3 aromatic rings. The second kappa shape index (κ2) is 11.7. The molecule has 0 fully saturated rings. The Balaban J connectivity index is 1.39. The smallest absolute Gasteiger partial charge is 0.417 e. The van der Waals surface area contributed by atoms with Crippen molar-refractivity contribution >= 4 is 51.3 Å². The summed E-state index contributed by atoms with van der Waals surface area (Å²) in [5, 5.41) is 10.0. The predicted octanol–water partition coefficient (Wildman–Crippen LogP) is 2.99. The molecule has 2 heterocycles. The van der Waals surface area contributed by atoms with Crippen LogP contribution in [-0.2, 0) is 21.8 Å². The number of fused-ring (bicyclic) bond motifs is 1. The Bertz CT molecular complexity index is 1620. The van der Waals surface area contributed by atoms with E-state index in [-0.39, 0.29) is 51.5 Å². The van der Waals surface area contributed by atoms with Crippen LogP contribution in [0.1, 0.15) is 28.4 Å². The summed E-state index contributed by atoms with van der Waals surface area (Å²) < 4.78 is 50.7. The number of carbonyl (C=O) groups excluding carboxylic acids is 2. The number of aryl methyl sites for hydroxylation is 1. The van der Waals surface area contributed by atoms with Gasteiger partial charge in [-0.2, -0.15) is 18.4 Å². The quantitative estimate of drug-likeness (QED) is 0.284. The molecule has 2 amide bonds. The molecular weight excluding hydrogens is 569 g/mol. The van der Waals surface area contributed by atoms with Gasteiger partial charge < -0.3 is 14.4 Å². The fourth-order valence-corrected chi connectivity index (χ4v) is 4.54. The fraction of sp³-hybridized carbons (Fsp3) is 0.208. The summed E-state index contributed by atoms with van der Waals surface area (Å²) in [4.78, 5) is 32.2. The number of nitrogens with one attached hydrogen (secondary N) is 2. The summed E-state index contributed by atoms with van der Waals surface area (Å²) in [6.07, 6.45) is 1.97. The normalized spacial score (nSPS) is 14.0. The van der Waals surface area contributed by atoms with E-state index in [4.69, 9.17) is 21.1 Å². The number of amides is 2. The van der Waals surface area contributed by atoms with Gasteiger partial charge in [-0.15, -0.1) is 5.10 Å². The third-order valence-electron chi connectivity index (χ3n) is 5.61. The lowest BCUT2D eigenvalue weighted by atomic mass is 10.1. The number of aromatic nitrogens is 3. The van der Waals surface area contributed by atoms with Gasteiger partial charge in [-0.3, -0.25) is 10.1 Å². The lowest BCUT2D eigenvalue weighted by molar-refractivity contribution is 0.0780. The van der Waals surface area contributed by atoms with Crippen LogP contribution < -0.4 is 14.9 Å². The molecule has 2 aromatic carbocycles. The summed E-state index contributed by atoms with van der Waals surface area (Å²) in [6, 6.07) is 8.49. The number of cyclic esters (lactones) is 1. The number of nitrogens with zero attached hydrogens (tertiary/aromatic N) is 5. The molecule has 0 saturated carbocycles. The molecule has 0 radical (unpaired) electrons. The van der Waals surface area contributed by atoms with Crippen LogP contribution in [0.15, 0.2) is 52.5 Å². The first-order chi connectivity index (χ1) is 19.0. The SMILES string of the molecule is COc1ccc(S(=O)(=O)N/N=C/c2nc(C(=O)N(C)CC/C=C3\OC(=O)Nc4ccc(Cl)c(F)c43)n(C)n2)cc1. The minimum absolute atomic E-state index is 0.00984. The number of carbonyl (C=O) groups is 2. The topological polar surface area (TPSA) is 157 Å². The van der Waals surface area contributed by atoms with Gasteiger partial charge in [0.2, 0.25) is 5.82 Å².